The number of nitrogens with two attached hydrogens (primary N) is 1. The van der Waals surface area contributed by atoms with Crippen molar-refractivity contribution in [2.24, 2.45) is 17.7 Å². The minimum atomic E-state index is -4.06. The van der Waals surface area contributed by atoms with Crippen LogP contribution in [0.5, 0.6) is 0 Å². The van der Waals surface area contributed by atoms with E-state index in [9.17, 15) is 13.2 Å². The highest BCUT2D eigenvalue weighted by molar-refractivity contribution is 5.26. The van der Waals surface area contributed by atoms with Crippen LogP contribution in [-0.4, -0.2) is 6.18 Å². The van der Waals surface area contributed by atoms with Gasteiger partial charge in [-0.15, -0.1) is 0 Å². The first-order valence-corrected chi connectivity index (χ1v) is 7.57. The number of hydrazine groups is 1. The van der Waals surface area contributed by atoms with E-state index in [1.165, 1.54) is 5.56 Å². The molecule has 0 aliphatic heterocycles. The maximum absolute atomic E-state index is 12.7. The Morgan fingerprint density at radius 2 is 1.90 bits per heavy atom. The fraction of sp³-hybridized carbons (Fsp3) is 0.625. The molecule has 0 aromatic heterocycles. The smallest absolute Gasteiger partial charge is 0.271 e. The maximum atomic E-state index is 12.7. The second-order valence-electron chi connectivity index (χ2n) is 5.90. The van der Waals surface area contributed by atoms with Crippen molar-refractivity contribution in [2.75, 3.05) is 0 Å². The lowest BCUT2D eigenvalue weighted by Crippen LogP contribution is -2.37. The number of benzene rings is 1. The summed E-state index contributed by atoms with van der Waals surface area (Å²) in [6, 6.07) is 8.07. The van der Waals surface area contributed by atoms with Gasteiger partial charge < -0.3 is 0 Å². The number of alkyl halides is 3. The molecular weight excluding hydrogens is 277 g/mol. The topological polar surface area (TPSA) is 38.0 Å². The van der Waals surface area contributed by atoms with Crippen molar-refractivity contribution >= 4 is 0 Å². The molecule has 1 aromatic rings. The Labute approximate surface area is 123 Å². The van der Waals surface area contributed by atoms with Crippen LogP contribution in [0.25, 0.3) is 0 Å². The molecule has 0 radical (unpaired) electrons. The van der Waals surface area contributed by atoms with Crippen molar-refractivity contribution in [1.82, 2.24) is 5.43 Å². The molecule has 1 fully saturated rings. The van der Waals surface area contributed by atoms with Crippen LogP contribution in [0, 0.1) is 11.8 Å². The third-order valence-electron chi connectivity index (χ3n) is 4.60. The molecule has 2 rings (SSSR count). The Balaban J connectivity index is 2.06. The minimum Gasteiger partial charge on any atom is -0.271 e. The number of hydrogen-bond acceptors (Lipinski definition) is 2. The molecule has 0 amide bonds. The molecule has 0 saturated heterocycles. The zero-order valence-electron chi connectivity index (χ0n) is 12.3. The Hall–Kier alpha value is -1.07. The van der Waals surface area contributed by atoms with Gasteiger partial charge in [0.05, 0.1) is 5.92 Å². The Morgan fingerprint density at radius 3 is 2.43 bits per heavy atom. The van der Waals surface area contributed by atoms with Gasteiger partial charge in [0.25, 0.3) is 0 Å². The van der Waals surface area contributed by atoms with Gasteiger partial charge in [-0.05, 0) is 49.1 Å². The third-order valence-corrected chi connectivity index (χ3v) is 4.60. The summed E-state index contributed by atoms with van der Waals surface area (Å²) >= 11 is 0. The van der Waals surface area contributed by atoms with Crippen molar-refractivity contribution in [1.29, 1.82) is 0 Å². The molecule has 1 aromatic carbocycles. The number of hydrogen-bond donors (Lipinski definition) is 2. The average molecular weight is 300 g/mol. The highest BCUT2D eigenvalue weighted by Gasteiger charge is 2.42. The van der Waals surface area contributed by atoms with Crippen LogP contribution < -0.4 is 11.3 Å². The van der Waals surface area contributed by atoms with Gasteiger partial charge in [-0.3, -0.25) is 11.3 Å². The molecule has 1 aliphatic carbocycles. The molecule has 1 saturated carbocycles. The van der Waals surface area contributed by atoms with Crippen molar-refractivity contribution in [2.45, 2.75) is 51.2 Å². The normalized spacial score (nSPS) is 24.8. The van der Waals surface area contributed by atoms with Gasteiger partial charge in [0.1, 0.15) is 0 Å². The first kappa shape index (κ1) is 16.3. The van der Waals surface area contributed by atoms with Gasteiger partial charge in [-0.25, -0.2) is 0 Å². The summed E-state index contributed by atoms with van der Waals surface area (Å²) in [4.78, 5) is 0. The van der Waals surface area contributed by atoms with Gasteiger partial charge in [0, 0.05) is 6.04 Å². The average Bonchev–Trinajstić information content (AvgIpc) is 2.48. The van der Waals surface area contributed by atoms with Crippen LogP contribution in [0.4, 0.5) is 13.2 Å². The van der Waals surface area contributed by atoms with E-state index in [1.54, 1.807) is 0 Å². The molecule has 21 heavy (non-hydrogen) atoms. The monoisotopic (exact) mass is 300 g/mol. The number of halogens is 3. The van der Waals surface area contributed by atoms with Crippen molar-refractivity contribution in [3.8, 4) is 0 Å². The predicted octanol–water partition coefficient (Wildman–Crippen LogP) is 4.12. The van der Waals surface area contributed by atoms with Gasteiger partial charge in [0.2, 0.25) is 0 Å². The predicted molar refractivity (Wildman–Crippen MR) is 77.4 cm³/mol. The number of rotatable bonds is 4. The van der Waals surface area contributed by atoms with E-state index in [0.29, 0.717) is 12.8 Å². The summed E-state index contributed by atoms with van der Waals surface area (Å²) in [7, 11) is 0. The van der Waals surface area contributed by atoms with Crippen LogP contribution >= 0.6 is 0 Å². The van der Waals surface area contributed by atoms with Crippen molar-refractivity contribution < 1.29 is 13.2 Å². The van der Waals surface area contributed by atoms with Crippen LogP contribution in [0.1, 0.15) is 49.8 Å². The SMILES string of the molecule is CCc1cccc(C(NN)C2CCC(C(F)(F)F)CC2)c1. The quantitative estimate of drug-likeness (QED) is 0.648. The summed E-state index contributed by atoms with van der Waals surface area (Å²) < 4.78 is 38.2. The first-order valence-electron chi connectivity index (χ1n) is 7.57. The highest BCUT2D eigenvalue weighted by atomic mass is 19.4. The van der Waals surface area contributed by atoms with Gasteiger partial charge in [0.15, 0.2) is 0 Å². The molecule has 118 valence electrons. The van der Waals surface area contributed by atoms with Gasteiger partial charge >= 0.3 is 6.18 Å². The van der Waals surface area contributed by atoms with Crippen molar-refractivity contribution in [3.05, 3.63) is 35.4 Å². The Bertz CT molecular complexity index is 451. The lowest BCUT2D eigenvalue weighted by atomic mass is 9.76. The third kappa shape index (κ3) is 3.98. The Kier molecular flexibility index (Phi) is 5.27. The molecule has 0 spiro atoms. The van der Waals surface area contributed by atoms with Crippen LogP contribution in [0.15, 0.2) is 24.3 Å². The van der Waals surface area contributed by atoms with Gasteiger partial charge in [-0.2, -0.15) is 13.2 Å². The molecule has 1 unspecified atom stereocenters. The molecule has 2 nitrogen and oxygen atoms in total. The van der Waals surface area contributed by atoms with E-state index in [-0.39, 0.29) is 24.8 Å². The summed E-state index contributed by atoms with van der Waals surface area (Å²) in [5.74, 6) is 4.70. The van der Waals surface area contributed by atoms with E-state index in [4.69, 9.17) is 5.84 Å². The van der Waals surface area contributed by atoms with E-state index >= 15 is 0 Å². The minimum absolute atomic E-state index is 0.0642. The fourth-order valence-electron chi connectivity index (χ4n) is 3.29. The van der Waals surface area contributed by atoms with Gasteiger partial charge in [-0.1, -0.05) is 31.2 Å². The van der Waals surface area contributed by atoms with Crippen LogP contribution in [0.2, 0.25) is 0 Å². The molecule has 0 heterocycles. The fourth-order valence-corrected chi connectivity index (χ4v) is 3.29. The molecule has 1 atom stereocenters. The lowest BCUT2D eigenvalue weighted by Gasteiger charge is -2.34. The second-order valence-corrected chi connectivity index (χ2v) is 5.90. The number of aryl methyl sites for hydroxylation is 1. The van der Waals surface area contributed by atoms with Crippen LogP contribution in [-0.2, 0) is 6.42 Å². The standard InChI is InChI=1S/C16H23F3N2/c1-2-11-4-3-5-13(10-11)15(21-20)12-6-8-14(9-7-12)16(17,18)19/h3-5,10,12,14-15,21H,2,6-9,20H2,1H3. The van der Waals surface area contributed by atoms with E-state index in [0.717, 1.165) is 12.0 Å². The highest BCUT2D eigenvalue weighted by Crippen LogP contribution is 2.43. The molecule has 0 bridgehead atoms. The summed E-state index contributed by atoms with van der Waals surface area (Å²) in [5.41, 5.74) is 5.11. The summed E-state index contributed by atoms with van der Waals surface area (Å²) in [5, 5.41) is 0. The second kappa shape index (κ2) is 6.79. The largest absolute Gasteiger partial charge is 0.391 e. The first-order chi connectivity index (χ1) is 9.95. The van der Waals surface area contributed by atoms with Crippen LogP contribution in [0.3, 0.4) is 0 Å². The Morgan fingerprint density at radius 1 is 1.24 bits per heavy atom. The van der Waals surface area contributed by atoms with E-state index in [1.807, 2.05) is 12.1 Å². The molecular formula is C16H23F3N2. The maximum Gasteiger partial charge on any atom is 0.391 e. The van der Waals surface area contributed by atoms with E-state index in [2.05, 4.69) is 24.5 Å². The number of nitrogens with one attached hydrogen (secondary N) is 1. The molecule has 5 heteroatoms. The van der Waals surface area contributed by atoms with E-state index < -0.39 is 12.1 Å². The lowest BCUT2D eigenvalue weighted by molar-refractivity contribution is -0.184. The summed E-state index contributed by atoms with van der Waals surface area (Å²) in [6.07, 6.45) is -1.57. The molecule has 3 N–H and O–H groups in total. The molecule has 1 aliphatic rings. The zero-order chi connectivity index (χ0) is 15.5. The zero-order valence-corrected chi connectivity index (χ0v) is 12.3. The van der Waals surface area contributed by atoms with Crippen molar-refractivity contribution in [3.63, 3.8) is 0 Å². The summed E-state index contributed by atoms with van der Waals surface area (Å²) in [6.45, 7) is 2.08.